The lowest BCUT2D eigenvalue weighted by Gasteiger charge is -2.10. The van der Waals surface area contributed by atoms with Crippen molar-refractivity contribution in [1.82, 2.24) is 4.98 Å². The van der Waals surface area contributed by atoms with Crippen LogP contribution in [0.3, 0.4) is 0 Å². The maximum absolute atomic E-state index is 13.4. The third-order valence-corrected chi connectivity index (χ3v) is 2.83. The Morgan fingerprint density at radius 2 is 2.12 bits per heavy atom. The average molecular weight is 233 g/mol. The summed E-state index contributed by atoms with van der Waals surface area (Å²) in [5.74, 6) is 5.82. The molecule has 1 aromatic carbocycles. The zero-order valence-corrected chi connectivity index (χ0v) is 10.0. The van der Waals surface area contributed by atoms with Gasteiger partial charge in [0.15, 0.2) is 0 Å². The topological polar surface area (TPSA) is 50.9 Å². The zero-order valence-electron chi connectivity index (χ0n) is 10.0. The van der Waals surface area contributed by atoms with E-state index in [4.69, 9.17) is 5.84 Å². The predicted octanol–water partition coefficient (Wildman–Crippen LogP) is 2.92. The number of hydrogen-bond donors (Lipinski definition) is 2. The number of pyridine rings is 1. The van der Waals surface area contributed by atoms with Gasteiger partial charge in [0.2, 0.25) is 0 Å². The highest BCUT2D eigenvalue weighted by atomic mass is 19.1. The Morgan fingerprint density at radius 3 is 2.76 bits per heavy atom. The van der Waals surface area contributed by atoms with Gasteiger partial charge in [-0.15, -0.1) is 0 Å². The van der Waals surface area contributed by atoms with Crippen molar-refractivity contribution in [3.63, 3.8) is 0 Å². The highest BCUT2D eigenvalue weighted by molar-refractivity contribution is 5.82. The molecule has 0 atom stereocenters. The Labute approximate surface area is 99.8 Å². The lowest BCUT2D eigenvalue weighted by Crippen LogP contribution is -2.11. The van der Waals surface area contributed by atoms with Gasteiger partial charge in [-0.25, -0.2) is 15.2 Å². The van der Waals surface area contributed by atoms with Crippen molar-refractivity contribution in [1.29, 1.82) is 0 Å². The molecule has 2 aromatic rings. The van der Waals surface area contributed by atoms with Gasteiger partial charge in [-0.05, 0) is 36.6 Å². The van der Waals surface area contributed by atoms with Crippen molar-refractivity contribution in [3.8, 4) is 0 Å². The van der Waals surface area contributed by atoms with Crippen molar-refractivity contribution in [3.05, 3.63) is 35.1 Å². The number of hydrazine groups is 1. The quantitative estimate of drug-likeness (QED) is 0.633. The second-order valence-electron chi connectivity index (χ2n) is 4.18. The smallest absolute Gasteiger partial charge is 0.143 e. The molecule has 0 aliphatic rings. The van der Waals surface area contributed by atoms with Crippen LogP contribution in [0.5, 0.6) is 0 Å². The summed E-state index contributed by atoms with van der Waals surface area (Å²) >= 11 is 0. The van der Waals surface area contributed by atoms with Crippen LogP contribution in [0.2, 0.25) is 0 Å². The van der Waals surface area contributed by atoms with Crippen LogP contribution in [0.1, 0.15) is 24.5 Å². The van der Waals surface area contributed by atoms with Gasteiger partial charge in [-0.3, -0.25) is 0 Å². The number of halogens is 1. The van der Waals surface area contributed by atoms with E-state index in [-0.39, 0.29) is 5.82 Å². The first-order valence-corrected chi connectivity index (χ1v) is 5.72. The Morgan fingerprint density at radius 1 is 1.35 bits per heavy atom. The Hall–Kier alpha value is -1.68. The molecule has 4 heteroatoms. The summed E-state index contributed by atoms with van der Waals surface area (Å²) in [7, 11) is 0. The van der Waals surface area contributed by atoms with E-state index in [9.17, 15) is 4.39 Å². The van der Waals surface area contributed by atoms with Gasteiger partial charge >= 0.3 is 0 Å². The van der Waals surface area contributed by atoms with Gasteiger partial charge in [0.25, 0.3) is 0 Å². The number of anilines is 1. The van der Waals surface area contributed by atoms with Gasteiger partial charge in [0.1, 0.15) is 11.6 Å². The second-order valence-corrected chi connectivity index (χ2v) is 4.18. The summed E-state index contributed by atoms with van der Waals surface area (Å²) in [6, 6.07) is 5.28. The van der Waals surface area contributed by atoms with Crippen molar-refractivity contribution in [2.45, 2.75) is 26.7 Å². The molecule has 90 valence electrons. The van der Waals surface area contributed by atoms with E-state index < -0.39 is 0 Å². The largest absolute Gasteiger partial charge is 0.308 e. The molecule has 17 heavy (non-hydrogen) atoms. The molecule has 1 aromatic heterocycles. The van der Waals surface area contributed by atoms with Gasteiger partial charge in [-0.2, -0.15) is 0 Å². The maximum Gasteiger partial charge on any atom is 0.143 e. The fraction of sp³-hybridized carbons (Fsp3) is 0.308. The van der Waals surface area contributed by atoms with Crippen LogP contribution in [0.25, 0.3) is 10.9 Å². The van der Waals surface area contributed by atoms with Gasteiger partial charge in [-0.1, -0.05) is 13.3 Å². The summed E-state index contributed by atoms with van der Waals surface area (Å²) in [4.78, 5) is 4.34. The number of aryl methyl sites for hydroxylation is 2. The van der Waals surface area contributed by atoms with E-state index in [2.05, 4.69) is 17.3 Å². The molecule has 2 rings (SSSR count). The molecule has 1 heterocycles. The Balaban J connectivity index is 2.65. The molecule has 0 saturated heterocycles. The second kappa shape index (κ2) is 4.67. The van der Waals surface area contributed by atoms with E-state index in [0.717, 1.165) is 23.8 Å². The number of rotatable bonds is 3. The number of nitrogens with one attached hydrogen (secondary N) is 1. The van der Waals surface area contributed by atoms with E-state index in [0.29, 0.717) is 16.9 Å². The monoisotopic (exact) mass is 233 g/mol. The number of nitrogen functional groups attached to an aromatic ring is 1. The van der Waals surface area contributed by atoms with Crippen LogP contribution < -0.4 is 11.3 Å². The molecule has 0 saturated carbocycles. The summed E-state index contributed by atoms with van der Waals surface area (Å²) in [6.07, 6.45) is 1.92. The first-order valence-electron chi connectivity index (χ1n) is 5.72. The van der Waals surface area contributed by atoms with Crippen LogP contribution >= 0.6 is 0 Å². The fourth-order valence-corrected chi connectivity index (χ4v) is 1.94. The van der Waals surface area contributed by atoms with Crippen LogP contribution in [-0.4, -0.2) is 4.98 Å². The number of nitrogens with zero attached hydrogens (tertiary/aromatic N) is 1. The number of aromatic nitrogens is 1. The van der Waals surface area contributed by atoms with E-state index in [1.54, 1.807) is 6.92 Å². The van der Waals surface area contributed by atoms with Crippen LogP contribution in [0.15, 0.2) is 18.2 Å². The minimum absolute atomic E-state index is 0.240. The van der Waals surface area contributed by atoms with Crippen LogP contribution in [-0.2, 0) is 6.42 Å². The van der Waals surface area contributed by atoms with Crippen LogP contribution in [0.4, 0.5) is 10.2 Å². The molecule has 0 amide bonds. The number of fused-ring (bicyclic) bond motifs is 1. The lowest BCUT2D eigenvalue weighted by atomic mass is 10.1. The molecule has 0 aliphatic carbocycles. The predicted molar refractivity (Wildman–Crippen MR) is 68.2 cm³/mol. The average Bonchev–Trinajstić information content (AvgIpc) is 2.31. The molecule has 0 spiro atoms. The minimum atomic E-state index is -0.240. The van der Waals surface area contributed by atoms with Crippen molar-refractivity contribution in [2.24, 2.45) is 5.84 Å². The van der Waals surface area contributed by atoms with E-state index in [1.807, 2.05) is 12.1 Å². The summed E-state index contributed by atoms with van der Waals surface area (Å²) in [5.41, 5.74) is 4.90. The lowest BCUT2D eigenvalue weighted by molar-refractivity contribution is 0.620. The maximum atomic E-state index is 13.4. The molecular formula is C13H16FN3. The SMILES string of the molecule is CCCc1cc2cc(C)c(F)cc2nc1NN. The van der Waals surface area contributed by atoms with Crippen LogP contribution in [0, 0.1) is 12.7 Å². The minimum Gasteiger partial charge on any atom is -0.308 e. The Bertz CT molecular complexity index is 552. The van der Waals surface area contributed by atoms with E-state index >= 15 is 0 Å². The standard InChI is InChI=1S/C13H16FN3/c1-3-4-9-6-10-5-8(2)11(14)7-12(10)16-13(9)17-15/h5-7H,3-4,15H2,1-2H3,(H,16,17). The molecule has 0 bridgehead atoms. The molecule has 3 nitrogen and oxygen atoms in total. The molecular weight excluding hydrogens is 217 g/mol. The Kier molecular flexibility index (Phi) is 3.24. The summed E-state index contributed by atoms with van der Waals surface area (Å²) in [6.45, 7) is 3.85. The molecule has 0 radical (unpaired) electrons. The highest BCUT2D eigenvalue weighted by Crippen LogP contribution is 2.23. The molecule has 0 aliphatic heterocycles. The van der Waals surface area contributed by atoms with Crippen molar-refractivity contribution < 1.29 is 4.39 Å². The van der Waals surface area contributed by atoms with Gasteiger partial charge in [0, 0.05) is 11.5 Å². The summed E-state index contributed by atoms with van der Waals surface area (Å²) in [5, 5.41) is 0.950. The number of hydrogen-bond acceptors (Lipinski definition) is 3. The third kappa shape index (κ3) is 2.22. The van der Waals surface area contributed by atoms with Crippen molar-refractivity contribution in [2.75, 3.05) is 5.43 Å². The normalized spacial score (nSPS) is 10.8. The van der Waals surface area contributed by atoms with E-state index in [1.165, 1.54) is 6.07 Å². The zero-order chi connectivity index (χ0) is 12.4. The number of nitrogens with two attached hydrogens (primary N) is 1. The first-order chi connectivity index (χ1) is 8.15. The third-order valence-electron chi connectivity index (χ3n) is 2.83. The fourth-order valence-electron chi connectivity index (χ4n) is 1.94. The molecule has 0 fully saturated rings. The highest BCUT2D eigenvalue weighted by Gasteiger charge is 2.07. The number of benzene rings is 1. The van der Waals surface area contributed by atoms with Crippen molar-refractivity contribution >= 4 is 16.7 Å². The van der Waals surface area contributed by atoms with Gasteiger partial charge < -0.3 is 5.43 Å². The first kappa shape index (κ1) is 11.8. The molecule has 3 N–H and O–H groups in total. The molecule has 0 unspecified atom stereocenters. The van der Waals surface area contributed by atoms with Gasteiger partial charge in [0.05, 0.1) is 5.52 Å². The summed E-state index contributed by atoms with van der Waals surface area (Å²) < 4.78 is 13.4.